The van der Waals surface area contributed by atoms with Gasteiger partial charge in [-0.2, -0.15) is 0 Å². The molecule has 1 aromatic rings. The number of likely N-dealkylation sites (tertiary alicyclic amines) is 1. The number of ether oxygens (including phenoxy) is 1. The first-order valence-corrected chi connectivity index (χ1v) is 11.7. The maximum atomic E-state index is 14.1. The molecule has 0 aliphatic carbocycles. The maximum absolute atomic E-state index is 14.1. The summed E-state index contributed by atoms with van der Waals surface area (Å²) >= 11 is 5.88. The van der Waals surface area contributed by atoms with Gasteiger partial charge in [-0.05, 0) is 25.7 Å². The number of benzene rings is 1. The lowest BCUT2D eigenvalue weighted by Crippen LogP contribution is -2.38. The van der Waals surface area contributed by atoms with Crippen molar-refractivity contribution < 1.29 is 23.1 Å². The van der Waals surface area contributed by atoms with Crippen LogP contribution in [0, 0.1) is 18.2 Å². The van der Waals surface area contributed by atoms with E-state index in [1.165, 1.54) is 6.07 Å². The van der Waals surface area contributed by atoms with Gasteiger partial charge in [-0.3, -0.25) is 9.69 Å². The van der Waals surface area contributed by atoms with Gasteiger partial charge >= 0.3 is 6.03 Å². The Bertz CT molecular complexity index is 760. The van der Waals surface area contributed by atoms with Crippen molar-refractivity contribution in [2.45, 2.75) is 32.2 Å². The second-order valence-electron chi connectivity index (χ2n) is 6.75. The molecule has 0 spiro atoms. The predicted molar refractivity (Wildman–Crippen MR) is 99.3 cm³/mol. The molecule has 6 nitrogen and oxygen atoms in total. The summed E-state index contributed by atoms with van der Waals surface area (Å²) in [6.45, 7) is 6.08. The molecule has 2 rings (SSSR count). The van der Waals surface area contributed by atoms with Crippen LogP contribution in [0.25, 0.3) is 0 Å². The summed E-state index contributed by atoms with van der Waals surface area (Å²) in [5, 5.41) is 2.39. The highest BCUT2D eigenvalue weighted by Crippen LogP contribution is 2.31. The van der Waals surface area contributed by atoms with Crippen LogP contribution in [-0.4, -0.2) is 44.4 Å². The van der Waals surface area contributed by atoms with E-state index >= 15 is 0 Å². The predicted octanol–water partition coefficient (Wildman–Crippen LogP) is 3.48. The highest BCUT2D eigenvalue weighted by Gasteiger charge is 2.37. The summed E-state index contributed by atoms with van der Waals surface area (Å²) in [7, 11) is -1.84. The van der Waals surface area contributed by atoms with Gasteiger partial charge in [-0.15, -0.1) is 6.42 Å². The minimum Gasteiger partial charge on any atom is -0.479 e. The summed E-state index contributed by atoms with van der Waals surface area (Å²) in [4.78, 5) is 25.5. The zero-order valence-electron chi connectivity index (χ0n) is 14.8. The van der Waals surface area contributed by atoms with E-state index in [4.69, 9.17) is 27.2 Å². The molecule has 1 aromatic carbocycles. The van der Waals surface area contributed by atoms with Gasteiger partial charge < -0.3 is 14.5 Å². The summed E-state index contributed by atoms with van der Waals surface area (Å²) in [5.74, 6) is 1.28. The van der Waals surface area contributed by atoms with E-state index in [2.05, 4.69) is 11.2 Å². The number of hydrogen-bond donors (Lipinski definition) is 1. The number of rotatable bonds is 5. The molecule has 0 radical (unpaired) electrons. The van der Waals surface area contributed by atoms with Crippen molar-refractivity contribution in [3.8, 4) is 18.1 Å². The summed E-state index contributed by atoms with van der Waals surface area (Å²) in [5.41, 5.74) is -0.159. The van der Waals surface area contributed by atoms with Crippen molar-refractivity contribution in [3.05, 3.63) is 23.0 Å². The van der Waals surface area contributed by atoms with E-state index in [0.29, 0.717) is 0 Å². The Kier molecular flexibility index (Phi) is 6.29. The van der Waals surface area contributed by atoms with Crippen LogP contribution in [0.15, 0.2) is 12.1 Å². The van der Waals surface area contributed by atoms with E-state index in [-0.39, 0.29) is 48.0 Å². The molecule has 1 N–H and O–H groups in total. The van der Waals surface area contributed by atoms with E-state index in [9.17, 15) is 14.0 Å². The Balaban J connectivity index is 2.10. The minimum atomic E-state index is -1.84. The molecule has 1 heterocycles. The number of carbonyl (C=O) groups is 2. The second-order valence-corrected chi connectivity index (χ2v) is 11.6. The van der Waals surface area contributed by atoms with E-state index in [1.54, 1.807) is 0 Å². The van der Waals surface area contributed by atoms with Crippen molar-refractivity contribution in [2.24, 2.45) is 0 Å². The number of terminal acetylenes is 1. The fraction of sp³-hybridized carbons (Fsp3) is 0.412. The first-order valence-electron chi connectivity index (χ1n) is 7.95. The van der Waals surface area contributed by atoms with Crippen LogP contribution >= 0.6 is 11.6 Å². The number of amides is 3. The number of imide groups is 1. The van der Waals surface area contributed by atoms with Crippen LogP contribution in [0.3, 0.4) is 0 Å². The molecule has 1 unspecified atom stereocenters. The van der Waals surface area contributed by atoms with Crippen LogP contribution in [0.4, 0.5) is 14.9 Å². The molecule has 1 fully saturated rings. The van der Waals surface area contributed by atoms with Gasteiger partial charge in [0.2, 0.25) is 5.91 Å². The Labute approximate surface area is 157 Å². The normalized spacial score (nSPS) is 17.2. The Morgan fingerprint density at radius 2 is 2.19 bits per heavy atom. The molecule has 1 aliphatic heterocycles. The smallest absolute Gasteiger partial charge is 0.328 e. The van der Waals surface area contributed by atoms with Gasteiger partial charge in [0.05, 0.1) is 29.8 Å². The molecule has 1 aliphatic rings. The second kappa shape index (κ2) is 8.08. The Morgan fingerprint density at radius 1 is 1.50 bits per heavy atom. The number of urea groups is 1. The molecule has 0 aromatic heterocycles. The molecule has 9 heteroatoms. The van der Waals surface area contributed by atoms with Crippen molar-refractivity contribution in [3.63, 3.8) is 0 Å². The van der Waals surface area contributed by atoms with Gasteiger partial charge in [0.15, 0.2) is 8.32 Å². The van der Waals surface area contributed by atoms with Gasteiger partial charge in [-0.1, -0.05) is 17.5 Å². The van der Waals surface area contributed by atoms with Crippen molar-refractivity contribution in [2.75, 3.05) is 18.5 Å². The maximum Gasteiger partial charge on any atom is 0.328 e. The van der Waals surface area contributed by atoms with Gasteiger partial charge in [0.25, 0.3) is 0 Å². The van der Waals surface area contributed by atoms with E-state index in [0.717, 1.165) is 11.0 Å². The molecule has 26 heavy (non-hydrogen) atoms. The average molecular weight is 399 g/mol. The molecule has 3 amide bonds. The highest BCUT2D eigenvalue weighted by molar-refractivity contribution is 6.69. The van der Waals surface area contributed by atoms with Crippen LogP contribution in [0.5, 0.6) is 5.75 Å². The third-order valence-corrected chi connectivity index (χ3v) is 4.76. The molecule has 0 bridgehead atoms. The number of nitrogens with zero attached hydrogens (tertiary/aromatic N) is 1. The third kappa shape index (κ3) is 5.21. The fourth-order valence-electron chi connectivity index (χ4n) is 2.49. The van der Waals surface area contributed by atoms with E-state index < -0.39 is 20.2 Å². The monoisotopic (exact) mass is 398 g/mol. The summed E-state index contributed by atoms with van der Waals surface area (Å²) in [6, 6.07) is 1.50. The van der Waals surface area contributed by atoms with Gasteiger partial charge in [0, 0.05) is 6.07 Å². The lowest BCUT2D eigenvalue weighted by atomic mass is 10.3. The first kappa shape index (κ1) is 20.2. The summed E-state index contributed by atoms with van der Waals surface area (Å²) < 4.78 is 25.1. The average Bonchev–Trinajstić information content (AvgIpc) is 2.87. The molecule has 1 atom stereocenters. The lowest BCUT2D eigenvalue weighted by Gasteiger charge is -2.22. The molecular formula is C17H20ClFN2O4Si. The zero-order chi connectivity index (χ0) is 19.5. The van der Waals surface area contributed by atoms with Crippen LogP contribution in [0.1, 0.15) is 6.42 Å². The van der Waals surface area contributed by atoms with Crippen molar-refractivity contribution in [1.82, 2.24) is 4.90 Å². The van der Waals surface area contributed by atoms with Gasteiger partial charge in [-0.25, -0.2) is 9.18 Å². The minimum absolute atomic E-state index is 0.0246. The van der Waals surface area contributed by atoms with Crippen LogP contribution in [0.2, 0.25) is 24.7 Å². The molecule has 1 saturated heterocycles. The van der Waals surface area contributed by atoms with E-state index in [1.807, 2.05) is 19.6 Å². The number of halogens is 2. The number of anilines is 1. The number of nitrogens with one attached hydrogen (secondary N) is 1. The summed E-state index contributed by atoms with van der Waals surface area (Å²) in [6.07, 6.45) is 4.89. The molecule has 140 valence electrons. The zero-order valence-corrected chi connectivity index (χ0v) is 16.5. The van der Waals surface area contributed by atoms with Crippen LogP contribution < -0.4 is 10.1 Å². The molecular weight excluding hydrogens is 379 g/mol. The van der Waals surface area contributed by atoms with Crippen molar-refractivity contribution in [1.29, 1.82) is 0 Å². The topological polar surface area (TPSA) is 67.9 Å². The van der Waals surface area contributed by atoms with Crippen LogP contribution in [-0.2, 0) is 9.22 Å². The largest absolute Gasteiger partial charge is 0.479 e. The fourth-order valence-corrected chi connectivity index (χ4v) is 3.85. The lowest BCUT2D eigenvalue weighted by molar-refractivity contribution is -0.125. The first-order chi connectivity index (χ1) is 12.1. The number of hydrogen-bond acceptors (Lipinski definition) is 4. The quantitative estimate of drug-likeness (QED) is 0.609. The molecule has 0 saturated carbocycles. The SMILES string of the molecule is C#CCOc1cc(NC(=O)N2CC(O[Si](C)(C)C)CC2=O)c(F)cc1Cl. The highest BCUT2D eigenvalue weighted by atomic mass is 35.5. The third-order valence-electron chi connectivity index (χ3n) is 3.43. The standard InChI is InChI=1S/C17H20ClFN2O4Si/c1-5-6-24-15-9-14(13(19)8-12(15)18)20-17(23)21-10-11(7-16(21)22)25-26(2,3)4/h1,8-9,11H,6-7,10H2,2-4H3,(H,20,23). The van der Waals surface area contributed by atoms with Crippen molar-refractivity contribution >= 4 is 37.5 Å². The Hall–Kier alpha value is -2.08. The Morgan fingerprint density at radius 3 is 2.81 bits per heavy atom. The number of carbonyl (C=O) groups excluding carboxylic acids is 2. The van der Waals surface area contributed by atoms with Gasteiger partial charge in [0.1, 0.15) is 18.2 Å².